The number of amides is 3. The van der Waals surface area contributed by atoms with Crippen LogP contribution in [0.15, 0.2) is 54.9 Å². The van der Waals surface area contributed by atoms with Crippen molar-refractivity contribution in [3.8, 4) is 0 Å². The highest BCUT2D eigenvalue weighted by atomic mass is 19.4. The van der Waals surface area contributed by atoms with Crippen LogP contribution in [-0.2, 0) is 114 Å². The van der Waals surface area contributed by atoms with Crippen LogP contribution in [0.4, 0.5) is 38.2 Å². The lowest BCUT2D eigenvalue weighted by molar-refractivity contribution is -0.161. The molecule has 2 aliphatic rings. The summed E-state index contributed by atoms with van der Waals surface area (Å²) in [5.74, 6) is -2.38. The van der Waals surface area contributed by atoms with Gasteiger partial charge in [-0.2, -0.15) is 26.3 Å². The van der Waals surface area contributed by atoms with E-state index in [2.05, 4.69) is 46.5 Å². The van der Waals surface area contributed by atoms with Crippen LogP contribution in [0, 0.1) is 0 Å². The van der Waals surface area contributed by atoms with Crippen LogP contribution in [0.1, 0.15) is 29.8 Å². The maximum Gasteiger partial charge on any atom is 0.433 e. The fourth-order valence-corrected chi connectivity index (χ4v) is 8.86. The highest BCUT2D eigenvalue weighted by Gasteiger charge is 2.41. The number of aliphatic hydroxyl groups is 4. The van der Waals surface area contributed by atoms with Gasteiger partial charge in [0.25, 0.3) is 0 Å². The van der Waals surface area contributed by atoms with Gasteiger partial charge in [0.15, 0.2) is 0 Å². The van der Waals surface area contributed by atoms with E-state index < -0.39 is 90.4 Å². The summed E-state index contributed by atoms with van der Waals surface area (Å²) >= 11 is 0. The highest BCUT2D eigenvalue weighted by Crippen LogP contribution is 2.29. The summed E-state index contributed by atoms with van der Waals surface area (Å²) in [6.07, 6.45) is -15.0. The van der Waals surface area contributed by atoms with Crippen molar-refractivity contribution in [2.75, 3.05) is 209 Å². The summed E-state index contributed by atoms with van der Waals surface area (Å²) in [5.41, 5.74) is -1.48. The van der Waals surface area contributed by atoms with Crippen LogP contribution < -0.4 is 26.6 Å². The molecule has 0 unspecified atom stereocenters. The van der Waals surface area contributed by atoms with Gasteiger partial charge in [0.2, 0.25) is 29.6 Å². The van der Waals surface area contributed by atoms with Gasteiger partial charge in [-0.05, 0) is 17.7 Å². The second-order valence-corrected chi connectivity index (χ2v) is 22.0. The Labute approximate surface area is 578 Å². The number of alkyl halides is 6. The van der Waals surface area contributed by atoms with E-state index >= 15 is 0 Å². The zero-order valence-electron chi connectivity index (χ0n) is 55.7. The van der Waals surface area contributed by atoms with Crippen LogP contribution in [-0.4, -0.2) is 317 Å². The zero-order chi connectivity index (χ0) is 72.8. The second kappa shape index (κ2) is 50.1. The molecule has 0 bridgehead atoms. The number of ether oxygens (including phenoxy) is 16. The minimum atomic E-state index is -4.69. The molecule has 9 N–H and O–H groups in total. The monoisotopic (exact) mass is 1460 g/mol. The van der Waals surface area contributed by atoms with Crippen molar-refractivity contribution >= 4 is 35.6 Å². The number of halogens is 6. The number of anilines is 2. The first-order valence-corrected chi connectivity index (χ1v) is 32.6. The number of carbonyl (C=O) groups excluding carboxylic acids is 4. The maximum atomic E-state index is 13.0. The third kappa shape index (κ3) is 37.6. The summed E-state index contributed by atoms with van der Waals surface area (Å²) in [5, 5.41) is 55.4. The van der Waals surface area contributed by atoms with Gasteiger partial charge in [-0.25, -0.2) is 24.7 Å². The molecular formula is C62H93F6N9O24. The van der Waals surface area contributed by atoms with Crippen molar-refractivity contribution in [2.24, 2.45) is 0 Å². The molecule has 2 aromatic heterocycles. The summed E-state index contributed by atoms with van der Waals surface area (Å²) in [7, 11) is 0. The van der Waals surface area contributed by atoms with E-state index in [9.17, 15) is 65.9 Å². The predicted octanol–water partition coefficient (Wildman–Crippen LogP) is -0.737. The van der Waals surface area contributed by atoms with Crippen molar-refractivity contribution in [3.05, 3.63) is 71.8 Å². The molecule has 0 saturated carbocycles. The smallest absolute Gasteiger partial charge is 0.433 e. The van der Waals surface area contributed by atoms with Crippen molar-refractivity contribution < 1.29 is 142 Å². The molecule has 33 nitrogen and oxygen atoms in total. The fourth-order valence-electron chi connectivity index (χ4n) is 8.86. The number of nitrogens with zero attached hydrogens (tertiary/aromatic N) is 4. The van der Waals surface area contributed by atoms with Gasteiger partial charge < -0.3 is 123 Å². The average Bonchev–Trinajstić information content (AvgIpc) is 0.836. The quantitative estimate of drug-likeness (QED) is 0.0191. The number of benzene rings is 1. The van der Waals surface area contributed by atoms with Crippen molar-refractivity contribution in [2.45, 2.75) is 86.6 Å². The van der Waals surface area contributed by atoms with E-state index in [0.29, 0.717) is 12.1 Å². The summed E-state index contributed by atoms with van der Waals surface area (Å²) in [6, 6.07) is 7.99. The number of hydrogen-bond acceptors (Lipinski definition) is 30. The predicted molar refractivity (Wildman–Crippen MR) is 336 cm³/mol. The molecule has 2 saturated heterocycles. The van der Waals surface area contributed by atoms with E-state index in [1.54, 1.807) is 0 Å². The van der Waals surface area contributed by atoms with Crippen LogP contribution in [0.2, 0.25) is 0 Å². The van der Waals surface area contributed by atoms with Gasteiger partial charge >= 0.3 is 18.3 Å². The fraction of sp³-hybridized carbons (Fsp3) is 0.710. The normalized spacial score (nSPS) is 19.4. The van der Waals surface area contributed by atoms with E-state index in [0.717, 1.165) is 18.0 Å². The first-order valence-electron chi connectivity index (χ1n) is 32.6. The zero-order valence-corrected chi connectivity index (χ0v) is 55.7. The molecule has 1 aromatic carbocycles. The number of rotatable bonds is 55. The molecule has 2 aliphatic heterocycles. The van der Waals surface area contributed by atoms with E-state index in [1.807, 2.05) is 30.3 Å². The third-order valence-electron chi connectivity index (χ3n) is 14.1. The first-order chi connectivity index (χ1) is 48.8. The molecule has 8 atom stereocenters. The summed E-state index contributed by atoms with van der Waals surface area (Å²) in [6.45, 7) is 3.00. The Morgan fingerprint density at radius 2 is 0.851 bits per heavy atom. The number of esters is 1. The molecule has 5 rings (SSSR count). The average molecular weight is 1460 g/mol. The standard InChI is InChI=1S/C62H93F6N9O24/c63-61(64,65)49-6-10-71-59(76-49)74-45-37-99-47(57(84)55(45)82)39-95-30-26-90-24-22-88-20-18-86-16-12-69-51(78)8-14-93-35-44(73-53(80)41-97-32-28-92-29-33-98-42-54(81)101-34-43-4-2-1-3-5-43)36-94-15-9-52(79)70-13-17-87-19-21-89-23-25-91-27-31-96-40-48-58(85)56(83)46(38-100-48)75-60-72-11-7-50(77-60)62(66,67)68/h1-7,10-11,44-48,55-58,82-85H,8-9,12-42H2,(H,69,78)(H,70,79)(H,73,80)(H,71,74,76)(H,72,75,77)/t45-,46-,47+,48+,55+,56+,57-,58-/m0/s1. The largest absolute Gasteiger partial charge is 0.459 e. The SMILES string of the molecule is O=C(CCOCC(COCCC(=O)NCCOCCOCCOCCOC[C@H]1OC[C@H](Nc2nccc(C(F)(F)F)n2)[C@@H](O)[C@H]1O)NC(=O)COCCOCCOCC(=O)OCc1ccccc1)NCCOCCOCCOCCOC[C@H]1OC[C@H](Nc2nccc(C(F)(F)F)n2)[C@@H](O)[C@H]1O. The molecule has 101 heavy (non-hydrogen) atoms. The Morgan fingerprint density at radius 1 is 0.465 bits per heavy atom. The number of aliphatic hydroxyl groups excluding tert-OH is 4. The van der Waals surface area contributed by atoms with E-state index in [1.165, 1.54) is 0 Å². The Kier molecular flexibility index (Phi) is 42.4. The topological polar surface area (TPSA) is 409 Å². The van der Waals surface area contributed by atoms with Gasteiger partial charge in [0.05, 0.1) is 190 Å². The molecule has 39 heteroatoms. The molecule has 2 fully saturated rings. The highest BCUT2D eigenvalue weighted by molar-refractivity contribution is 5.77. The van der Waals surface area contributed by atoms with Gasteiger partial charge in [-0.1, -0.05) is 30.3 Å². The van der Waals surface area contributed by atoms with Gasteiger partial charge in [0.1, 0.15) is 67.8 Å². The minimum absolute atomic E-state index is 0.00135. The molecule has 572 valence electrons. The van der Waals surface area contributed by atoms with Crippen LogP contribution >= 0.6 is 0 Å². The van der Waals surface area contributed by atoms with E-state index in [4.69, 9.17) is 75.8 Å². The molecule has 0 aliphatic carbocycles. The molecule has 3 amide bonds. The van der Waals surface area contributed by atoms with E-state index in [-0.39, 0.29) is 241 Å². The summed E-state index contributed by atoms with van der Waals surface area (Å²) < 4.78 is 166. The Bertz CT molecular complexity index is 2600. The first kappa shape index (κ1) is 85.3. The molecular weight excluding hydrogens is 1370 g/mol. The van der Waals surface area contributed by atoms with Crippen molar-refractivity contribution in [1.29, 1.82) is 0 Å². The number of hydrogen-bond donors (Lipinski definition) is 9. The van der Waals surface area contributed by atoms with Gasteiger partial charge in [-0.15, -0.1) is 0 Å². The maximum absolute atomic E-state index is 13.0. The third-order valence-corrected chi connectivity index (χ3v) is 14.1. The summed E-state index contributed by atoms with van der Waals surface area (Å²) in [4.78, 5) is 64.1. The van der Waals surface area contributed by atoms with Crippen LogP contribution in [0.5, 0.6) is 0 Å². The number of carbonyl (C=O) groups is 4. The molecule has 0 spiro atoms. The number of aromatic nitrogens is 4. The van der Waals surface area contributed by atoms with Crippen molar-refractivity contribution in [3.63, 3.8) is 0 Å². The van der Waals surface area contributed by atoms with Gasteiger partial charge in [-0.3, -0.25) is 14.4 Å². The number of nitrogens with one attached hydrogen (secondary N) is 5. The van der Waals surface area contributed by atoms with Crippen molar-refractivity contribution in [1.82, 2.24) is 35.9 Å². The Hall–Kier alpha value is -6.32. The van der Waals surface area contributed by atoms with Crippen LogP contribution in [0.25, 0.3) is 0 Å². The van der Waals surface area contributed by atoms with Crippen LogP contribution in [0.3, 0.4) is 0 Å². The molecule has 4 heterocycles. The molecule has 3 aromatic rings. The lowest BCUT2D eigenvalue weighted by Gasteiger charge is -2.37. The van der Waals surface area contributed by atoms with Gasteiger partial charge in [0, 0.05) is 38.3 Å². The Balaban J connectivity index is 0.838. The second-order valence-electron chi connectivity index (χ2n) is 22.0. The Morgan fingerprint density at radius 3 is 1.27 bits per heavy atom. The lowest BCUT2D eigenvalue weighted by atomic mass is 9.98. The minimum Gasteiger partial charge on any atom is -0.459 e. The lowest BCUT2D eigenvalue weighted by Crippen LogP contribution is -2.57. The molecule has 0 radical (unpaired) electrons.